The van der Waals surface area contributed by atoms with Crippen molar-refractivity contribution in [1.29, 1.82) is 0 Å². The zero-order valence-corrected chi connectivity index (χ0v) is 16.3. The molecule has 0 aliphatic carbocycles. The van der Waals surface area contributed by atoms with Crippen LogP contribution in [0.1, 0.15) is 37.1 Å². The highest BCUT2D eigenvalue weighted by Crippen LogP contribution is 2.23. The van der Waals surface area contributed by atoms with E-state index in [-0.39, 0.29) is 18.0 Å². The molecule has 0 unspecified atom stereocenters. The molecule has 7 heteroatoms. The first-order valence-electron chi connectivity index (χ1n) is 9.60. The Morgan fingerprint density at radius 2 is 2.07 bits per heavy atom. The van der Waals surface area contributed by atoms with Crippen molar-refractivity contribution >= 4 is 11.9 Å². The number of nitrogens with zero attached hydrogens (tertiary/aromatic N) is 4. The number of pyridine rings is 1. The molecule has 2 atom stereocenters. The number of likely N-dealkylation sites (N-methyl/N-ethyl adjacent to an activating group) is 1. The fourth-order valence-electron chi connectivity index (χ4n) is 3.56. The number of anilines is 1. The third kappa shape index (κ3) is 4.80. The van der Waals surface area contributed by atoms with Crippen molar-refractivity contribution in [3.05, 3.63) is 47.5 Å². The van der Waals surface area contributed by atoms with E-state index in [4.69, 9.17) is 0 Å². The molecular formula is C20H28N6O. The van der Waals surface area contributed by atoms with Gasteiger partial charge in [-0.15, -0.1) is 0 Å². The van der Waals surface area contributed by atoms with Crippen molar-refractivity contribution in [3.63, 3.8) is 0 Å². The monoisotopic (exact) mass is 368 g/mol. The average molecular weight is 368 g/mol. The molecule has 27 heavy (non-hydrogen) atoms. The summed E-state index contributed by atoms with van der Waals surface area (Å²) < 4.78 is 0. The third-order valence-electron chi connectivity index (χ3n) is 4.94. The van der Waals surface area contributed by atoms with Gasteiger partial charge in [0, 0.05) is 50.0 Å². The van der Waals surface area contributed by atoms with Gasteiger partial charge >= 0.3 is 0 Å². The minimum Gasteiger partial charge on any atom is -0.355 e. The van der Waals surface area contributed by atoms with E-state index in [0.29, 0.717) is 12.5 Å². The summed E-state index contributed by atoms with van der Waals surface area (Å²) >= 11 is 0. The third-order valence-corrected chi connectivity index (χ3v) is 4.94. The molecule has 2 N–H and O–H groups in total. The molecule has 2 aromatic heterocycles. The molecule has 1 amide bonds. The van der Waals surface area contributed by atoms with Crippen molar-refractivity contribution < 1.29 is 4.79 Å². The number of nitrogens with one attached hydrogen (secondary N) is 2. The molecule has 3 rings (SSSR count). The number of hydrogen-bond donors (Lipinski definition) is 2. The van der Waals surface area contributed by atoms with E-state index in [2.05, 4.69) is 37.4 Å². The summed E-state index contributed by atoms with van der Waals surface area (Å²) in [5.74, 6) is 0.720. The van der Waals surface area contributed by atoms with Gasteiger partial charge < -0.3 is 10.6 Å². The van der Waals surface area contributed by atoms with Crippen LogP contribution in [0.5, 0.6) is 0 Å². The number of amides is 1. The molecular weight excluding hydrogens is 340 g/mol. The Balaban J connectivity index is 1.72. The summed E-state index contributed by atoms with van der Waals surface area (Å²) in [5.41, 5.74) is 3.31. The highest BCUT2D eigenvalue weighted by molar-refractivity contribution is 5.82. The van der Waals surface area contributed by atoms with Gasteiger partial charge in [-0.2, -0.15) is 0 Å². The molecule has 0 bridgehead atoms. The molecule has 1 fully saturated rings. The first-order valence-corrected chi connectivity index (χ1v) is 9.60. The largest absolute Gasteiger partial charge is 0.355 e. The Bertz CT molecular complexity index is 766. The molecule has 0 spiro atoms. The lowest BCUT2D eigenvalue weighted by molar-refractivity contribution is -0.125. The summed E-state index contributed by atoms with van der Waals surface area (Å²) in [7, 11) is 0. The Hall–Kier alpha value is -2.54. The number of aryl methyl sites for hydroxylation is 2. The standard InChI is InChI=1S/C20H28N6O/c1-4-17-14(3)11-23-20(25-17)24-16-10-18(19(27)22-5-2)26(13-16)12-15-6-8-21-9-7-15/h6-9,11,16,18H,4-5,10,12-13H2,1-3H3,(H,22,27)(H,23,24,25)/t16-,18-/m0/s1. The lowest BCUT2D eigenvalue weighted by Gasteiger charge is -2.23. The van der Waals surface area contributed by atoms with E-state index in [1.54, 1.807) is 12.4 Å². The highest BCUT2D eigenvalue weighted by atomic mass is 16.2. The van der Waals surface area contributed by atoms with Gasteiger partial charge in [0.25, 0.3) is 0 Å². The smallest absolute Gasteiger partial charge is 0.237 e. The number of likely N-dealkylation sites (tertiary alicyclic amines) is 1. The van der Waals surface area contributed by atoms with E-state index < -0.39 is 0 Å². The lowest BCUT2D eigenvalue weighted by atomic mass is 10.1. The number of aromatic nitrogens is 3. The molecule has 1 aliphatic rings. The number of carbonyl (C=O) groups is 1. The van der Waals surface area contributed by atoms with Gasteiger partial charge in [0.1, 0.15) is 0 Å². The fraction of sp³-hybridized carbons (Fsp3) is 0.500. The van der Waals surface area contributed by atoms with E-state index in [0.717, 1.165) is 42.8 Å². The molecule has 7 nitrogen and oxygen atoms in total. The van der Waals surface area contributed by atoms with Crippen LogP contribution in [-0.2, 0) is 17.8 Å². The van der Waals surface area contributed by atoms with Crippen LogP contribution in [-0.4, -0.2) is 50.9 Å². The Morgan fingerprint density at radius 1 is 1.30 bits per heavy atom. The van der Waals surface area contributed by atoms with E-state index in [9.17, 15) is 4.79 Å². The van der Waals surface area contributed by atoms with Gasteiger partial charge in [0.15, 0.2) is 0 Å². The van der Waals surface area contributed by atoms with Crippen molar-refractivity contribution in [2.45, 2.75) is 52.2 Å². The van der Waals surface area contributed by atoms with Crippen molar-refractivity contribution in [2.75, 3.05) is 18.4 Å². The average Bonchev–Trinajstić information content (AvgIpc) is 3.06. The first-order chi connectivity index (χ1) is 13.1. The summed E-state index contributed by atoms with van der Waals surface area (Å²) in [4.78, 5) is 27.9. The summed E-state index contributed by atoms with van der Waals surface area (Å²) in [6.07, 6.45) is 7.04. The van der Waals surface area contributed by atoms with Crippen LogP contribution < -0.4 is 10.6 Å². The van der Waals surface area contributed by atoms with Gasteiger partial charge in [-0.25, -0.2) is 9.97 Å². The predicted molar refractivity (Wildman–Crippen MR) is 105 cm³/mol. The quantitative estimate of drug-likeness (QED) is 0.777. The van der Waals surface area contributed by atoms with Crippen LogP contribution in [0.4, 0.5) is 5.95 Å². The summed E-state index contributed by atoms with van der Waals surface area (Å²) in [6, 6.07) is 3.96. The minimum absolute atomic E-state index is 0.0786. The number of carbonyl (C=O) groups excluding carboxylic acids is 1. The van der Waals surface area contributed by atoms with Crippen molar-refractivity contribution in [1.82, 2.24) is 25.2 Å². The van der Waals surface area contributed by atoms with Gasteiger partial charge in [0.2, 0.25) is 11.9 Å². The van der Waals surface area contributed by atoms with Gasteiger partial charge in [-0.1, -0.05) is 6.92 Å². The van der Waals surface area contributed by atoms with Crippen LogP contribution >= 0.6 is 0 Å². The highest BCUT2D eigenvalue weighted by Gasteiger charge is 2.36. The van der Waals surface area contributed by atoms with E-state index in [1.165, 1.54) is 0 Å². The molecule has 2 aromatic rings. The topological polar surface area (TPSA) is 83.0 Å². The van der Waals surface area contributed by atoms with Gasteiger partial charge in [0.05, 0.1) is 6.04 Å². The number of rotatable bonds is 7. The maximum Gasteiger partial charge on any atom is 0.237 e. The second kappa shape index (κ2) is 8.90. The second-order valence-corrected chi connectivity index (χ2v) is 6.95. The summed E-state index contributed by atoms with van der Waals surface area (Å²) in [6.45, 7) is 8.19. The zero-order valence-electron chi connectivity index (χ0n) is 16.3. The zero-order chi connectivity index (χ0) is 19.2. The van der Waals surface area contributed by atoms with Crippen molar-refractivity contribution in [3.8, 4) is 0 Å². The Kier molecular flexibility index (Phi) is 6.34. The number of hydrogen-bond acceptors (Lipinski definition) is 6. The predicted octanol–water partition coefficient (Wildman–Crippen LogP) is 1.93. The van der Waals surface area contributed by atoms with Crippen molar-refractivity contribution in [2.24, 2.45) is 0 Å². The molecule has 3 heterocycles. The van der Waals surface area contributed by atoms with E-state index in [1.807, 2.05) is 32.2 Å². The van der Waals surface area contributed by atoms with Crippen LogP contribution in [0.3, 0.4) is 0 Å². The molecule has 1 saturated heterocycles. The molecule has 0 saturated carbocycles. The van der Waals surface area contributed by atoms with Gasteiger partial charge in [-0.3, -0.25) is 14.7 Å². The van der Waals surface area contributed by atoms with Gasteiger partial charge in [-0.05, 0) is 49.9 Å². The van der Waals surface area contributed by atoms with Crippen LogP contribution in [0.2, 0.25) is 0 Å². The lowest BCUT2D eigenvalue weighted by Crippen LogP contribution is -2.42. The maximum atomic E-state index is 12.6. The maximum absolute atomic E-state index is 12.6. The minimum atomic E-state index is -0.160. The molecule has 0 radical (unpaired) electrons. The second-order valence-electron chi connectivity index (χ2n) is 6.95. The molecule has 144 valence electrons. The van der Waals surface area contributed by atoms with Crippen LogP contribution in [0, 0.1) is 6.92 Å². The fourth-order valence-corrected chi connectivity index (χ4v) is 3.56. The Morgan fingerprint density at radius 3 is 2.78 bits per heavy atom. The normalized spacial score (nSPS) is 19.8. The van der Waals surface area contributed by atoms with Crippen LogP contribution in [0.25, 0.3) is 0 Å². The SMILES string of the molecule is CCNC(=O)[C@@H]1C[C@H](Nc2ncc(C)c(CC)n2)CN1Cc1ccncc1. The Labute approximate surface area is 160 Å². The first kappa shape index (κ1) is 19.2. The summed E-state index contributed by atoms with van der Waals surface area (Å²) in [5, 5.41) is 6.39. The molecule has 0 aromatic carbocycles. The van der Waals surface area contributed by atoms with Crippen LogP contribution in [0.15, 0.2) is 30.7 Å². The molecule has 1 aliphatic heterocycles. The van der Waals surface area contributed by atoms with E-state index >= 15 is 0 Å².